The minimum absolute atomic E-state index is 0.133. The number of hydrogen-bond acceptors (Lipinski definition) is 3. The van der Waals surface area contributed by atoms with Crippen molar-refractivity contribution in [3.05, 3.63) is 86.8 Å². The highest BCUT2D eigenvalue weighted by Crippen LogP contribution is 2.18. The fourth-order valence-corrected chi connectivity index (χ4v) is 2.57. The lowest BCUT2D eigenvalue weighted by atomic mass is 10.1. The number of anilines is 2. The highest BCUT2D eigenvalue weighted by molar-refractivity contribution is 6.30. The highest BCUT2D eigenvalue weighted by atomic mass is 35.5. The summed E-state index contributed by atoms with van der Waals surface area (Å²) >= 11 is 5.96. The summed E-state index contributed by atoms with van der Waals surface area (Å²) in [7, 11) is 0. The van der Waals surface area contributed by atoms with Crippen LogP contribution in [0.2, 0.25) is 5.02 Å². The molecule has 0 aliphatic rings. The molecule has 0 bridgehead atoms. The Hall–Kier alpha value is -2.59. The van der Waals surface area contributed by atoms with Gasteiger partial charge in [-0.25, -0.2) is 4.98 Å². The van der Waals surface area contributed by atoms with E-state index >= 15 is 0 Å². The quantitative estimate of drug-likeness (QED) is 0.760. The summed E-state index contributed by atoms with van der Waals surface area (Å²) in [4.78, 5) is 19.6. The third-order valence-electron chi connectivity index (χ3n) is 3.53. The Kier molecular flexibility index (Phi) is 4.44. The van der Waals surface area contributed by atoms with Gasteiger partial charge in [-0.15, -0.1) is 0 Å². The first-order valence-electron chi connectivity index (χ1n) is 7.28. The normalized spacial score (nSPS) is 10.5. The smallest absolute Gasteiger partial charge is 0.256 e. The number of nitrogens with zero attached hydrogens (tertiary/aromatic N) is 1. The standard InChI is InChI=1S/C18H16ClN3O/c1-12-16(10-13-6-3-2-4-7-13)17(23)22-18(20-12)21-15-9-5-8-14(19)11-15/h2-9,11H,10H2,1H3,(H2,20,21,22,23). The van der Waals surface area contributed by atoms with Crippen LogP contribution in [0, 0.1) is 6.92 Å². The van der Waals surface area contributed by atoms with Gasteiger partial charge in [-0.3, -0.25) is 9.78 Å². The number of halogens is 1. The monoisotopic (exact) mass is 325 g/mol. The predicted molar refractivity (Wildman–Crippen MR) is 93.6 cm³/mol. The van der Waals surface area contributed by atoms with Crippen molar-refractivity contribution in [2.45, 2.75) is 13.3 Å². The number of hydrogen-bond donors (Lipinski definition) is 2. The molecular formula is C18H16ClN3O. The van der Waals surface area contributed by atoms with Crippen molar-refractivity contribution < 1.29 is 0 Å². The molecule has 1 aromatic heterocycles. The molecule has 3 aromatic rings. The number of aromatic amines is 1. The number of aryl methyl sites for hydroxylation is 1. The number of H-pyrrole nitrogens is 1. The summed E-state index contributed by atoms with van der Waals surface area (Å²) in [5.41, 5.74) is 3.11. The molecule has 2 aromatic carbocycles. The number of nitrogens with one attached hydrogen (secondary N) is 2. The maximum atomic E-state index is 12.4. The van der Waals surface area contributed by atoms with Crippen LogP contribution in [0.4, 0.5) is 11.6 Å². The van der Waals surface area contributed by atoms with E-state index in [9.17, 15) is 4.79 Å². The molecule has 5 heteroatoms. The lowest BCUT2D eigenvalue weighted by Crippen LogP contribution is -2.18. The summed E-state index contributed by atoms with van der Waals surface area (Å²) in [5, 5.41) is 3.69. The van der Waals surface area contributed by atoms with Gasteiger partial charge in [-0.1, -0.05) is 48.0 Å². The molecule has 0 fully saturated rings. The maximum absolute atomic E-state index is 12.4. The van der Waals surface area contributed by atoms with E-state index in [1.807, 2.05) is 49.4 Å². The highest BCUT2D eigenvalue weighted by Gasteiger charge is 2.09. The first-order chi connectivity index (χ1) is 11.1. The minimum Gasteiger partial charge on any atom is -0.326 e. The summed E-state index contributed by atoms with van der Waals surface area (Å²) in [6, 6.07) is 17.1. The molecule has 0 spiro atoms. The molecule has 0 radical (unpaired) electrons. The fourth-order valence-electron chi connectivity index (χ4n) is 2.38. The Bertz CT molecular complexity index is 875. The van der Waals surface area contributed by atoms with Crippen molar-refractivity contribution in [2.24, 2.45) is 0 Å². The van der Waals surface area contributed by atoms with Crippen molar-refractivity contribution in [2.75, 3.05) is 5.32 Å². The SMILES string of the molecule is Cc1nc(Nc2cccc(Cl)c2)[nH]c(=O)c1Cc1ccccc1. The van der Waals surface area contributed by atoms with Gasteiger partial charge >= 0.3 is 0 Å². The van der Waals surface area contributed by atoms with Gasteiger partial charge in [-0.2, -0.15) is 0 Å². The van der Waals surface area contributed by atoms with Crippen molar-refractivity contribution >= 4 is 23.2 Å². The predicted octanol–water partition coefficient (Wildman–Crippen LogP) is 4.07. The Balaban J connectivity index is 1.87. The Morgan fingerprint density at radius 2 is 1.91 bits per heavy atom. The summed E-state index contributed by atoms with van der Waals surface area (Å²) in [6.45, 7) is 1.84. The molecule has 0 saturated heterocycles. The van der Waals surface area contributed by atoms with E-state index in [1.54, 1.807) is 12.1 Å². The molecule has 0 atom stereocenters. The van der Waals surface area contributed by atoms with Crippen molar-refractivity contribution in [1.82, 2.24) is 9.97 Å². The molecule has 1 heterocycles. The van der Waals surface area contributed by atoms with Crippen LogP contribution in [0.3, 0.4) is 0 Å². The third-order valence-corrected chi connectivity index (χ3v) is 3.77. The van der Waals surface area contributed by atoms with E-state index in [-0.39, 0.29) is 5.56 Å². The molecule has 0 saturated carbocycles. The van der Waals surface area contributed by atoms with E-state index in [0.717, 1.165) is 11.3 Å². The van der Waals surface area contributed by atoms with E-state index < -0.39 is 0 Å². The number of rotatable bonds is 4. The van der Waals surface area contributed by atoms with E-state index in [1.165, 1.54) is 0 Å². The van der Waals surface area contributed by atoms with Gasteiger partial charge in [-0.05, 0) is 30.7 Å². The molecule has 23 heavy (non-hydrogen) atoms. The molecular weight excluding hydrogens is 310 g/mol. The van der Waals surface area contributed by atoms with Crippen LogP contribution in [-0.4, -0.2) is 9.97 Å². The zero-order valence-corrected chi connectivity index (χ0v) is 13.4. The maximum Gasteiger partial charge on any atom is 0.256 e. The Morgan fingerprint density at radius 3 is 2.61 bits per heavy atom. The minimum atomic E-state index is -0.133. The first-order valence-corrected chi connectivity index (χ1v) is 7.66. The fraction of sp³-hybridized carbons (Fsp3) is 0.111. The largest absolute Gasteiger partial charge is 0.326 e. The Labute approximate surface area is 139 Å². The van der Waals surface area contributed by atoms with Crippen molar-refractivity contribution in [1.29, 1.82) is 0 Å². The van der Waals surface area contributed by atoms with E-state index in [4.69, 9.17) is 11.6 Å². The van der Waals surface area contributed by atoms with Crippen LogP contribution in [0.25, 0.3) is 0 Å². The molecule has 3 rings (SSSR count). The average Bonchev–Trinajstić information content (AvgIpc) is 2.52. The van der Waals surface area contributed by atoms with Crippen molar-refractivity contribution in [3.63, 3.8) is 0 Å². The molecule has 116 valence electrons. The molecule has 4 nitrogen and oxygen atoms in total. The number of benzene rings is 2. The first kappa shape index (κ1) is 15.3. The second-order valence-corrected chi connectivity index (χ2v) is 5.71. The molecule has 0 aliphatic heterocycles. The van der Waals surface area contributed by atoms with E-state index in [0.29, 0.717) is 28.6 Å². The van der Waals surface area contributed by atoms with Crippen LogP contribution in [0.1, 0.15) is 16.8 Å². The van der Waals surface area contributed by atoms with Gasteiger partial charge in [0, 0.05) is 22.7 Å². The molecule has 0 amide bonds. The van der Waals surface area contributed by atoms with Crippen LogP contribution >= 0.6 is 11.6 Å². The second kappa shape index (κ2) is 6.67. The van der Waals surface area contributed by atoms with Gasteiger partial charge in [0.05, 0.1) is 5.69 Å². The van der Waals surface area contributed by atoms with Gasteiger partial charge in [0.15, 0.2) is 0 Å². The molecule has 0 aliphatic carbocycles. The van der Waals surface area contributed by atoms with Crippen molar-refractivity contribution in [3.8, 4) is 0 Å². The zero-order chi connectivity index (χ0) is 16.2. The van der Waals surface area contributed by atoms with Crippen LogP contribution in [0.15, 0.2) is 59.4 Å². The molecule has 2 N–H and O–H groups in total. The van der Waals surface area contributed by atoms with Gasteiger partial charge < -0.3 is 5.32 Å². The number of aromatic nitrogens is 2. The third kappa shape index (κ3) is 3.79. The second-order valence-electron chi connectivity index (χ2n) is 5.28. The van der Waals surface area contributed by atoms with Crippen LogP contribution in [0.5, 0.6) is 0 Å². The summed E-state index contributed by atoms with van der Waals surface area (Å²) in [6.07, 6.45) is 0.562. The van der Waals surface area contributed by atoms with Gasteiger partial charge in [0.1, 0.15) is 0 Å². The summed E-state index contributed by atoms with van der Waals surface area (Å²) < 4.78 is 0. The topological polar surface area (TPSA) is 57.8 Å². The van der Waals surface area contributed by atoms with Crippen LogP contribution < -0.4 is 10.9 Å². The zero-order valence-electron chi connectivity index (χ0n) is 12.6. The van der Waals surface area contributed by atoms with Gasteiger partial charge in [0.25, 0.3) is 5.56 Å². The lowest BCUT2D eigenvalue weighted by Gasteiger charge is -2.09. The summed E-state index contributed by atoms with van der Waals surface area (Å²) in [5.74, 6) is 0.409. The Morgan fingerprint density at radius 1 is 1.13 bits per heavy atom. The average molecular weight is 326 g/mol. The van der Waals surface area contributed by atoms with E-state index in [2.05, 4.69) is 15.3 Å². The van der Waals surface area contributed by atoms with Gasteiger partial charge in [0.2, 0.25) is 5.95 Å². The molecule has 0 unspecified atom stereocenters. The van der Waals surface area contributed by atoms with Crippen LogP contribution in [-0.2, 0) is 6.42 Å². The lowest BCUT2D eigenvalue weighted by molar-refractivity contribution is 0.986.